The third-order valence-electron chi connectivity index (χ3n) is 2.47. The number of nitrogens with one attached hydrogen (secondary N) is 1. The summed E-state index contributed by atoms with van der Waals surface area (Å²) in [5, 5.41) is 12.8. The summed E-state index contributed by atoms with van der Waals surface area (Å²) in [7, 11) is 0. The van der Waals surface area contributed by atoms with E-state index in [9.17, 15) is 0 Å². The highest BCUT2D eigenvalue weighted by atomic mass is 79.9. The van der Waals surface area contributed by atoms with Crippen LogP contribution in [0.4, 0.5) is 5.69 Å². The molecule has 0 aliphatic rings. The summed E-state index contributed by atoms with van der Waals surface area (Å²) in [4.78, 5) is 0. The molecule has 0 atom stereocenters. The van der Waals surface area contributed by atoms with E-state index in [0.29, 0.717) is 17.1 Å². The summed E-state index contributed by atoms with van der Waals surface area (Å²) in [5.74, 6) is 0. The van der Waals surface area contributed by atoms with E-state index in [-0.39, 0.29) is 0 Å². The monoisotopic (exact) mass is 320 g/mol. The lowest BCUT2D eigenvalue weighted by Gasteiger charge is -2.07. The van der Waals surface area contributed by atoms with Gasteiger partial charge in [-0.3, -0.25) is 0 Å². The zero-order chi connectivity index (χ0) is 13.0. The minimum Gasteiger partial charge on any atom is -0.381 e. The second kappa shape index (κ2) is 5.90. The van der Waals surface area contributed by atoms with Crippen molar-refractivity contribution in [3.63, 3.8) is 0 Å². The van der Waals surface area contributed by atoms with Crippen LogP contribution in [0.5, 0.6) is 0 Å². The Hall–Kier alpha value is -1.50. The SMILES string of the molecule is N#Cc1cccc(CNc2ccc(Cl)c(Br)c2)c1. The van der Waals surface area contributed by atoms with Crippen molar-refractivity contribution in [1.82, 2.24) is 0 Å². The molecule has 0 radical (unpaired) electrons. The minimum absolute atomic E-state index is 0.670. The van der Waals surface area contributed by atoms with Crippen LogP contribution < -0.4 is 5.32 Å². The second-order valence-corrected chi connectivity index (χ2v) is 5.06. The molecular weight excluding hydrogens is 312 g/mol. The maximum absolute atomic E-state index is 8.82. The van der Waals surface area contributed by atoms with Gasteiger partial charge in [0.25, 0.3) is 0 Å². The van der Waals surface area contributed by atoms with E-state index in [4.69, 9.17) is 16.9 Å². The van der Waals surface area contributed by atoms with Gasteiger partial charge in [0.2, 0.25) is 0 Å². The van der Waals surface area contributed by atoms with Crippen LogP contribution in [0.3, 0.4) is 0 Å². The van der Waals surface area contributed by atoms with Gasteiger partial charge in [-0.15, -0.1) is 0 Å². The van der Waals surface area contributed by atoms with Crippen molar-refractivity contribution in [2.24, 2.45) is 0 Å². The highest BCUT2D eigenvalue weighted by molar-refractivity contribution is 9.10. The number of benzene rings is 2. The minimum atomic E-state index is 0.670. The predicted octanol–water partition coefficient (Wildman–Crippen LogP) is 4.59. The van der Waals surface area contributed by atoms with Crippen LogP contribution in [-0.4, -0.2) is 0 Å². The standard InChI is InChI=1S/C14H10BrClN2/c15-13-7-12(4-5-14(13)16)18-9-11-3-1-2-10(6-11)8-17/h1-7,18H,9H2. The predicted molar refractivity (Wildman–Crippen MR) is 77.6 cm³/mol. The van der Waals surface area contributed by atoms with Crippen LogP contribution in [-0.2, 0) is 6.54 Å². The van der Waals surface area contributed by atoms with Crippen LogP contribution in [0.2, 0.25) is 5.02 Å². The first-order chi connectivity index (χ1) is 8.69. The van der Waals surface area contributed by atoms with E-state index in [0.717, 1.165) is 15.7 Å². The first-order valence-electron chi connectivity index (χ1n) is 5.37. The van der Waals surface area contributed by atoms with Crippen molar-refractivity contribution in [3.05, 3.63) is 63.1 Å². The van der Waals surface area contributed by atoms with Crippen molar-refractivity contribution in [2.75, 3.05) is 5.32 Å². The Kier molecular flexibility index (Phi) is 4.24. The number of anilines is 1. The quantitative estimate of drug-likeness (QED) is 0.897. The topological polar surface area (TPSA) is 35.8 Å². The molecule has 2 aromatic rings. The van der Waals surface area contributed by atoms with Gasteiger partial charge in [0.05, 0.1) is 16.7 Å². The van der Waals surface area contributed by atoms with Crippen molar-refractivity contribution >= 4 is 33.2 Å². The van der Waals surface area contributed by atoms with E-state index in [1.165, 1.54) is 0 Å². The molecule has 0 spiro atoms. The van der Waals surface area contributed by atoms with E-state index in [2.05, 4.69) is 27.3 Å². The summed E-state index contributed by atoms with van der Waals surface area (Å²) < 4.78 is 0.861. The van der Waals surface area contributed by atoms with Crippen molar-refractivity contribution in [2.45, 2.75) is 6.54 Å². The molecular formula is C14H10BrClN2. The molecule has 0 fully saturated rings. The largest absolute Gasteiger partial charge is 0.381 e. The highest BCUT2D eigenvalue weighted by Gasteiger charge is 1.99. The first-order valence-corrected chi connectivity index (χ1v) is 6.54. The molecule has 0 heterocycles. The molecule has 0 unspecified atom stereocenters. The fourth-order valence-corrected chi connectivity index (χ4v) is 2.06. The fraction of sp³-hybridized carbons (Fsp3) is 0.0714. The zero-order valence-corrected chi connectivity index (χ0v) is 11.8. The number of nitriles is 1. The molecule has 0 amide bonds. The van der Waals surface area contributed by atoms with Crippen LogP contribution in [0.1, 0.15) is 11.1 Å². The van der Waals surface area contributed by atoms with Gasteiger partial charge in [0.15, 0.2) is 0 Å². The summed E-state index contributed by atoms with van der Waals surface area (Å²) in [6.07, 6.45) is 0. The summed E-state index contributed by atoms with van der Waals surface area (Å²) in [6, 6.07) is 15.3. The van der Waals surface area contributed by atoms with Crippen LogP contribution >= 0.6 is 27.5 Å². The Bertz CT molecular complexity index is 605. The Morgan fingerprint density at radius 1 is 1.22 bits per heavy atom. The van der Waals surface area contributed by atoms with E-state index < -0.39 is 0 Å². The number of hydrogen-bond donors (Lipinski definition) is 1. The van der Waals surface area contributed by atoms with E-state index in [1.54, 1.807) is 6.07 Å². The maximum Gasteiger partial charge on any atom is 0.0991 e. The number of nitrogens with zero attached hydrogens (tertiary/aromatic N) is 1. The van der Waals surface area contributed by atoms with Gasteiger partial charge in [0, 0.05) is 16.7 Å². The molecule has 2 aromatic carbocycles. The van der Waals surface area contributed by atoms with Gasteiger partial charge in [-0.1, -0.05) is 23.7 Å². The summed E-state index contributed by atoms with van der Waals surface area (Å²) >= 11 is 9.31. The van der Waals surface area contributed by atoms with Gasteiger partial charge in [0.1, 0.15) is 0 Å². The lowest BCUT2D eigenvalue weighted by molar-refractivity contribution is 1.15. The first kappa shape index (κ1) is 12.9. The van der Waals surface area contributed by atoms with Crippen molar-refractivity contribution in [1.29, 1.82) is 5.26 Å². The van der Waals surface area contributed by atoms with Crippen molar-refractivity contribution < 1.29 is 0 Å². The van der Waals surface area contributed by atoms with Gasteiger partial charge in [-0.2, -0.15) is 5.26 Å². The highest BCUT2D eigenvalue weighted by Crippen LogP contribution is 2.25. The van der Waals surface area contributed by atoms with Crippen LogP contribution in [0, 0.1) is 11.3 Å². The molecule has 18 heavy (non-hydrogen) atoms. The third kappa shape index (κ3) is 3.25. The van der Waals surface area contributed by atoms with Crippen LogP contribution in [0.15, 0.2) is 46.9 Å². The second-order valence-electron chi connectivity index (χ2n) is 3.79. The average molecular weight is 322 g/mol. The molecule has 0 aliphatic heterocycles. The van der Waals surface area contributed by atoms with Gasteiger partial charge >= 0.3 is 0 Å². The Morgan fingerprint density at radius 2 is 2.06 bits per heavy atom. The summed E-state index contributed by atoms with van der Waals surface area (Å²) in [6.45, 7) is 0.670. The van der Waals surface area contributed by atoms with E-state index >= 15 is 0 Å². The molecule has 2 nitrogen and oxygen atoms in total. The zero-order valence-electron chi connectivity index (χ0n) is 9.45. The van der Waals surface area contributed by atoms with Gasteiger partial charge in [-0.05, 0) is 51.8 Å². The normalized spacial score (nSPS) is 9.83. The molecule has 90 valence electrons. The lowest BCUT2D eigenvalue weighted by atomic mass is 10.1. The Balaban J connectivity index is 2.07. The molecule has 0 saturated carbocycles. The molecule has 0 bridgehead atoms. The maximum atomic E-state index is 8.82. The molecule has 4 heteroatoms. The smallest absolute Gasteiger partial charge is 0.0991 e. The number of halogens is 2. The molecule has 2 rings (SSSR count). The van der Waals surface area contributed by atoms with Gasteiger partial charge < -0.3 is 5.32 Å². The Labute approximate surface area is 119 Å². The van der Waals surface area contributed by atoms with Gasteiger partial charge in [-0.25, -0.2) is 0 Å². The van der Waals surface area contributed by atoms with Crippen molar-refractivity contribution in [3.8, 4) is 6.07 Å². The number of rotatable bonds is 3. The van der Waals surface area contributed by atoms with Crippen LogP contribution in [0.25, 0.3) is 0 Å². The molecule has 0 aliphatic carbocycles. The molecule has 0 saturated heterocycles. The Morgan fingerprint density at radius 3 is 2.78 bits per heavy atom. The molecule has 0 aromatic heterocycles. The number of hydrogen-bond acceptors (Lipinski definition) is 2. The third-order valence-corrected chi connectivity index (χ3v) is 3.69. The summed E-state index contributed by atoms with van der Waals surface area (Å²) in [5.41, 5.74) is 2.72. The molecule has 1 N–H and O–H groups in total. The lowest BCUT2D eigenvalue weighted by Crippen LogP contribution is -1.99. The van der Waals surface area contributed by atoms with E-state index in [1.807, 2.05) is 36.4 Å². The average Bonchev–Trinajstić information content (AvgIpc) is 2.40. The fourth-order valence-electron chi connectivity index (χ4n) is 1.56.